The molecule has 2 heteroatoms. The second-order valence-electron chi connectivity index (χ2n) is 6.97. The summed E-state index contributed by atoms with van der Waals surface area (Å²) in [5.41, 5.74) is 8.86. The van der Waals surface area contributed by atoms with Crippen molar-refractivity contribution in [3.63, 3.8) is 0 Å². The van der Waals surface area contributed by atoms with E-state index >= 15 is 0 Å². The molecule has 0 amide bonds. The van der Waals surface area contributed by atoms with Gasteiger partial charge in [-0.05, 0) is 48.6 Å². The summed E-state index contributed by atoms with van der Waals surface area (Å²) in [6.45, 7) is 7.51. The predicted molar refractivity (Wildman–Crippen MR) is 89.3 cm³/mol. The van der Waals surface area contributed by atoms with Gasteiger partial charge in [0.05, 0.1) is 18.8 Å². The number of aryl methyl sites for hydroxylation is 1. The lowest BCUT2D eigenvalue weighted by atomic mass is 9.82. The van der Waals surface area contributed by atoms with Crippen molar-refractivity contribution < 1.29 is 4.74 Å². The van der Waals surface area contributed by atoms with Crippen molar-refractivity contribution in [1.29, 1.82) is 0 Å². The molecule has 1 saturated carbocycles. The van der Waals surface area contributed by atoms with Gasteiger partial charge in [0, 0.05) is 0 Å². The molecule has 1 aliphatic carbocycles. The number of hydrogen-bond acceptors (Lipinski definition) is 2. The molecule has 0 heterocycles. The van der Waals surface area contributed by atoms with Gasteiger partial charge in [0.15, 0.2) is 0 Å². The van der Waals surface area contributed by atoms with Crippen LogP contribution in [-0.4, -0.2) is 12.7 Å². The molecule has 0 saturated heterocycles. The number of rotatable bonds is 6. The zero-order valence-corrected chi connectivity index (χ0v) is 13.8. The number of benzene rings is 1. The number of hydrogen-bond donors (Lipinski definition) is 1. The van der Waals surface area contributed by atoms with E-state index in [0.717, 1.165) is 18.3 Å². The van der Waals surface area contributed by atoms with Crippen molar-refractivity contribution in [3.8, 4) is 0 Å². The maximum absolute atomic E-state index is 6.28. The zero-order chi connectivity index (χ0) is 15.2. The normalized spacial score (nSPS) is 27.5. The second-order valence-corrected chi connectivity index (χ2v) is 6.97. The Hall–Kier alpha value is -0.860. The lowest BCUT2D eigenvalue weighted by molar-refractivity contribution is -0.00527. The van der Waals surface area contributed by atoms with Crippen LogP contribution in [0.2, 0.25) is 0 Å². The first-order chi connectivity index (χ1) is 10.1. The van der Waals surface area contributed by atoms with Crippen LogP contribution in [0, 0.1) is 11.8 Å². The van der Waals surface area contributed by atoms with Crippen molar-refractivity contribution in [2.75, 3.05) is 6.61 Å². The van der Waals surface area contributed by atoms with Gasteiger partial charge in [0.1, 0.15) is 0 Å². The standard InChI is InChI=1S/C19H31NO/c1-4-5-16-6-8-17(9-7-16)19(20)13-21-18-11-14(2)10-15(3)12-18/h6-9,14-15,18-19H,4-5,10-13,20H2,1-3H3. The molecule has 0 aliphatic heterocycles. The van der Waals surface area contributed by atoms with E-state index in [4.69, 9.17) is 10.5 Å². The van der Waals surface area contributed by atoms with Crippen LogP contribution in [0.5, 0.6) is 0 Å². The number of ether oxygens (including phenoxy) is 1. The molecule has 0 bridgehead atoms. The van der Waals surface area contributed by atoms with Crippen molar-refractivity contribution >= 4 is 0 Å². The summed E-state index contributed by atoms with van der Waals surface area (Å²) >= 11 is 0. The molecule has 0 aromatic heterocycles. The molecule has 21 heavy (non-hydrogen) atoms. The van der Waals surface area contributed by atoms with Gasteiger partial charge in [-0.3, -0.25) is 0 Å². The van der Waals surface area contributed by atoms with Crippen LogP contribution < -0.4 is 5.73 Å². The molecule has 118 valence electrons. The van der Waals surface area contributed by atoms with Crippen LogP contribution in [-0.2, 0) is 11.2 Å². The van der Waals surface area contributed by atoms with Crippen LogP contribution in [0.3, 0.4) is 0 Å². The summed E-state index contributed by atoms with van der Waals surface area (Å²) in [5, 5.41) is 0. The van der Waals surface area contributed by atoms with Gasteiger partial charge in [-0.15, -0.1) is 0 Å². The van der Waals surface area contributed by atoms with Crippen molar-refractivity contribution in [2.45, 2.75) is 65.0 Å². The second kappa shape index (κ2) is 7.95. The van der Waals surface area contributed by atoms with Gasteiger partial charge in [0.25, 0.3) is 0 Å². The van der Waals surface area contributed by atoms with E-state index in [2.05, 4.69) is 45.0 Å². The largest absolute Gasteiger partial charge is 0.376 e. The van der Waals surface area contributed by atoms with Crippen molar-refractivity contribution in [2.24, 2.45) is 17.6 Å². The molecule has 1 aromatic rings. The summed E-state index contributed by atoms with van der Waals surface area (Å²) in [7, 11) is 0. The summed E-state index contributed by atoms with van der Waals surface area (Å²) in [5.74, 6) is 1.56. The number of nitrogens with two attached hydrogens (primary N) is 1. The highest BCUT2D eigenvalue weighted by Crippen LogP contribution is 2.30. The fourth-order valence-electron chi connectivity index (χ4n) is 3.57. The van der Waals surface area contributed by atoms with Gasteiger partial charge < -0.3 is 10.5 Å². The molecule has 1 aromatic carbocycles. The minimum absolute atomic E-state index is 0.00628. The Kier molecular flexibility index (Phi) is 6.25. The van der Waals surface area contributed by atoms with Gasteiger partial charge in [0.2, 0.25) is 0 Å². The Morgan fingerprint density at radius 2 is 1.71 bits per heavy atom. The summed E-state index contributed by atoms with van der Waals surface area (Å²) in [4.78, 5) is 0. The van der Waals surface area contributed by atoms with E-state index in [9.17, 15) is 0 Å². The smallest absolute Gasteiger partial charge is 0.0663 e. The van der Waals surface area contributed by atoms with Crippen LogP contribution in [0.4, 0.5) is 0 Å². The van der Waals surface area contributed by atoms with Crippen molar-refractivity contribution in [1.82, 2.24) is 0 Å². The zero-order valence-electron chi connectivity index (χ0n) is 13.8. The molecule has 2 N–H and O–H groups in total. The Balaban J connectivity index is 1.82. The lowest BCUT2D eigenvalue weighted by Gasteiger charge is -2.32. The first kappa shape index (κ1) is 16.5. The minimum atomic E-state index is -0.00628. The topological polar surface area (TPSA) is 35.2 Å². The van der Waals surface area contributed by atoms with Gasteiger partial charge in [-0.1, -0.05) is 51.5 Å². The highest BCUT2D eigenvalue weighted by Gasteiger charge is 2.24. The van der Waals surface area contributed by atoms with Crippen LogP contribution in [0.1, 0.15) is 63.6 Å². The highest BCUT2D eigenvalue weighted by molar-refractivity contribution is 5.25. The molecule has 0 radical (unpaired) electrons. The average molecular weight is 289 g/mol. The Morgan fingerprint density at radius 3 is 2.29 bits per heavy atom. The summed E-state index contributed by atoms with van der Waals surface area (Å²) < 4.78 is 6.09. The SMILES string of the molecule is CCCc1ccc(C(N)COC2CC(C)CC(C)C2)cc1. The minimum Gasteiger partial charge on any atom is -0.376 e. The first-order valence-corrected chi connectivity index (χ1v) is 8.54. The summed E-state index contributed by atoms with van der Waals surface area (Å²) in [6, 6.07) is 8.71. The lowest BCUT2D eigenvalue weighted by Crippen LogP contribution is -2.29. The van der Waals surface area contributed by atoms with Gasteiger partial charge in [-0.25, -0.2) is 0 Å². The van der Waals surface area contributed by atoms with E-state index in [0.29, 0.717) is 12.7 Å². The molecule has 1 aliphatic rings. The third-order valence-corrected chi connectivity index (χ3v) is 4.59. The Morgan fingerprint density at radius 1 is 1.10 bits per heavy atom. The molecule has 2 nitrogen and oxygen atoms in total. The molecular formula is C19H31NO. The monoisotopic (exact) mass is 289 g/mol. The molecule has 3 unspecified atom stereocenters. The fourth-order valence-corrected chi connectivity index (χ4v) is 3.57. The molecule has 2 rings (SSSR count). The van der Waals surface area contributed by atoms with E-state index in [1.807, 2.05) is 0 Å². The maximum Gasteiger partial charge on any atom is 0.0663 e. The van der Waals surface area contributed by atoms with Crippen LogP contribution >= 0.6 is 0 Å². The Bertz CT molecular complexity index is 404. The van der Waals surface area contributed by atoms with Gasteiger partial charge >= 0.3 is 0 Å². The summed E-state index contributed by atoms with van der Waals surface area (Å²) in [6.07, 6.45) is 6.44. The predicted octanol–water partition coefficient (Wildman–Crippen LogP) is 4.48. The van der Waals surface area contributed by atoms with E-state index in [1.165, 1.54) is 36.8 Å². The molecular weight excluding hydrogens is 258 g/mol. The Labute approximate surface area is 130 Å². The van der Waals surface area contributed by atoms with Crippen LogP contribution in [0.15, 0.2) is 24.3 Å². The fraction of sp³-hybridized carbons (Fsp3) is 0.684. The van der Waals surface area contributed by atoms with Gasteiger partial charge in [-0.2, -0.15) is 0 Å². The van der Waals surface area contributed by atoms with Crippen LogP contribution in [0.25, 0.3) is 0 Å². The van der Waals surface area contributed by atoms with Crippen molar-refractivity contribution in [3.05, 3.63) is 35.4 Å². The van der Waals surface area contributed by atoms with E-state index in [1.54, 1.807) is 0 Å². The average Bonchev–Trinajstić information content (AvgIpc) is 2.45. The third-order valence-electron chi connectivity index (χ3n) is 4.59. The highest BCUT2D eigenvalue weighted by atomic mass is 16.5. The molecule has 3 atom stereocenters. The quantitative estimate of drug-likeness (QED) is 0.838. The van der Waals surface area contributed by atoms with E-state index < -0.39 is 0 Å². The third kappa shape index (κ3) is 5.12. The molecule has 1 fully saturated rings. The maximum atomic E-state index is 6.28. The van der Waals surface area contributed by atoms with E-state index in [-0.39, 0.29) is 6.04 Å². The first-order valence-electron chi connectivity index (χ1n) is 8.54. The molecule has 0 spiro atoms.